The molecule has 0 fully saturated rings. The van der Waals surface area contributed by atoms with E-state index in [0.29, 0.717) is 10.8 Å². The molecule has 0 bridgehead atoms. The number of halogens is 3. The maximum Gasteiger partial charge on any atom is 0.141 e. The van der Waals surface area contributed by atoms with Crippen molar-refractivity contribution < 1.29 is 8.78 Å². The molecule has 0 unspecified atom stereocenters. The number of nitrogen functional groups attached to an aromatic ring is 1. The molecule has 0 radical (unpaired) electrons. The smallest absolute Gasteiger partial charge is 0.141 e. The lowest BCUT2D eigenvalue weighted by atomic mass is 10.2. The topological polar surface area (TPSA) is 26.0 Å². The molecule has 0 spiro atoms. The zero-order valence-electron chi connectivity index (χ0n) is 9.29. The molecular formula is C13H10ClF2NS. The Balaban J connectivity index is 2.13. The van der Waals surface area contributed by atoms with Crippen LogP contribution in [0.1, 0.15) is 5.56 Å². The van der Waals surface area contributed by atoms with E-state index in [4.69, 9.17) is 17.3 Å². The first kappa shape index (κ1) is 13.2. The minimum atomic E-state index is -0.633. The third kappa shape index (κ3) is 3.15. The second-order valence-electron chi connectivity index (χ2n) is 3.73. The Morgan fingerprint density at radius 1 is 1.06 bits per heavy atom. The van der Waals surface area contributed by atoms with Gasteiger partial charge in [0, 0.05) is 16.5 Å². The van der Waals surface area contributed by atoms with Gasteiger partial charge in [-0.2, -0.15) is 0 Å². The number of rotatable bonds is 3. The van der Waals surface area contributed by atoms with Crippen LogP contribution in [0.3, 0.4) is 0 Å². The maximum absolute atomic E-state index is 13.5. The fourth-order valence-electron chi connectivity index (χ4n) is 1.45. The highest BCUT2D eigenvalue weighted by atomic mass is 35.5. The average molecular weight is 286 g/mol. The van der Waals surface area contributed by atoms with Gasteiger partial charge in [0.2, 0.25) is 0 Å². The fourth-order valence-corrected chi connectivity index (χ4v) is 2.48. The van der Waals surface area contributed by atoms with Crippen molar-refractivity contribution in [3.63, 3.8) is 0 Å². The molecule has 0 amide bonds. The Morgan fingerprint density at radius 2 is 1.61 bits per heavy atom. The molecule has 0 aliphatic rings. The van der Waals surface area contributed by atoms with Crippen molar-refractivity contribution in [3.8, 4) is 0 Å². The minimum Gasteiger partial charge on any atom is -0.399 e. The second kappa shape index (κ2) is 5.59. The Morgan fingerprint density at radius 3 is 2.17 bits per heavy atom. The van der Waals surface area contributed by atoms with E-state index in [-0.39, 0.29) is 10.6 Å². The molecule has 0 saturated heterocycles. The summed E-state index contributed by atoms with van der Waals surface area (Å²) in [5.41, 5.74) is 6.38. The number of hydrogen-bond acceptors (Lipinski definition) is 2. The Kier molecular flexibility index (Phi) is 4.09. The van der Waals surface area contributed by atoms with E-state index in [0.717, 1.165) is 29.5 Å². The van der Waals surface area contributed by atoms with E-state index < -0.39 is 11.6 Å². The number of hydrogen-bond donors (Lipinski definition) is 1. The fraction of sp³-hybridized carbons (Fsp3) is 0.0769. The highest BCUT2D eigenvalue weighted by Crippen LogP contribution is 2.30. The molecule has 2 N–H and O–H groups in total. The molecule has 5 heteroatoms. The first-order valence-electron chi connectivity index (χ1n) is 5.18. The van der Waals surface area contributed by atoms with Crippen molar-refractivity contribution in [2.75, 3.05) is 5.73 Å². The monoisotopic (exact) mass is 285 g/mol. The summed E-state index contributed by atoms with van der Waals surface area (Å²) in [5, 5.41) is 0.633. The number of nitrogens with two attached hydrogens (primary N) is 1. The van der Waals surface area contributed by atoms with Gasteiger partial charge in [0.05, 0.1) is 4.90 Å². The van der Waals surface area contributed by atoms with Crippen molar-refractivity contribution in [2.45, 2.75) is 10.6 Å². The second-order valence-corrected chi connectivity index (χ2v) is 5.15. The van der Waals surface area contributed by atoms with Crippen LogP contribution >= 0.6 is 23.4 Å². The van der Waals surface area contributed by atoms with Crippen LogP contribution in [0, 0.1) is 11.6 Å². The normalized spacial score (nSPS) is 10.6. The van der Waals surface area contributed by atoms with Crippen molar-refractivity contribution in [3.05, 3.63) is 58.6 Å². The van der Waals surface area contributed by atoms with Crippen LogP contribution in [-0.4, -0.2) is 0 Å². The lowest BCUT2D eigenvalue weighted by molar-refractivity contribution is 0.542. The summed E-state index contributed by atoms with van der Waals surface area (Å²) in [4.78, 5) is -0.0147. The lowest BCUT2D eigenvalue weighted by Crippen LogP contribution is -1.93. The van der Waals surface area contributed by atoms with Crippen LogP contribution in [0.15, 0.2) is 41.3 Å². The largest absolute Gasteiger partial charge is 0.399 e. The molecule has 0 aromatic heterocycles. The lowest BCUT2D eigenvalue weighted by Gasteiger charge is -2.06. The standard InChI is InChI=1S/C13H10ClF2NS/c14-9-3-1-8(2-4-9)7-18-13-11(15)5-10(17)6-12(13)16/h1-6H,7,17H2. The predicted octanol–water partition coefficient (Wildman–Crippen LogP) is 4.49. The molecule has 0 aliphatic heterocycles. The molecule has 0 saturated carbocycles. The van der Waals surface area contributed by atoms with E-state index in [1.807, 2.05) is 12.1 Å². The molecule has 94 valence electrons. The van der Waals surface area contributed by atoms with Gasteiger partial charge < -0.3 is 5.73 Å². The summed E-state index contributed by atoms with van der Waals surface area (Å²) in [6, 6.07) is 9.37. The molecule has 2 aromatic carbocycles. The zero-order valence-corrected chi connectivity index (χ0v) is 10.9. The van der Waals surface area contributed by atoms with E-state index in [9.17, 15) is 8.78 Å². The maximum atomic E-state index is 13.5. The Hall–Kier alpha value is -1.26. The Bertz CT molecular complexity index is 534. The summed E-state index contributed by atoms with van der Waals surface area (Å²) < 4.78 is 27.0. The summed E-state index contributed by atoms with van der Waals surface area (Å²) in [7, 11) is 0. The van der Waals surface area contributed by atoms with Crippen LogP contribution in [0.4, 0.5) is 14.5 Å². The van der Waals surface area contributed by atoms with Gasteiger partial charge in [-0.05, 0) is 29.8 Å². The van der Waals surface area contributed by atoms with E-state index >= 15 is 0 Å². The quantitative estimate of drug-likeness (QED) is 0.664. The molecule has 0 heterocycles. The van der Waals surface area contributed by atoms with Crippen LogP contribution < -0.4 is 5.73 Å². The van der Waals surface area contributed by atoms with Gasteiger partial charge in [0.25, 0.3) is 0 Å². The third-order valence-corrected chi connectivity index (χ3v) is 3.73. The van der Waals surface area contributed by atoms with Gasteiger partial charge in [-0.1, -0.05) is 23.7 Å². The zero-order chi connectivity index (χ0) is 13.1. The van der Waals surface area contributed by atoms with Crippen molar-refractivity contribution in [1.29, 1.82) is 0 Å². The molecule has 0 aliphatic carbocycles. The van der Waals surface area contributed by atoms with Gasteiger partial charge in [-0.3, -0.25) is 0 Å². The molecule has 18 heavy (non-hydrogen) atoms. The van der Waals surface area contributed by atoms with Gasteiger partial charge in [0.1, 0.15) is 11.6 Å². The molecule has 2 aromatic rings. The van der Waals surface area contributed by atoms with Crippen LogP contribution in [0.25, 0.3) is 0 Å². The first-order chi connectivity index (χ1) is 8.56. The third-order valence-electron chi connectivity index (χ3n) is 2.32. The SMILES string of the molecule is Nc1cc(F)c(SCc2ccc(Cl)cc2)c(F)c1. The average Bonchev–Trinajstić information content (AvgIpc) is 2.30. The molecule has 0 atom stereocenters. The molecule has 2 rings (SSSR count). The van der Waals surface area contributed by atoms with Crippen molar-refractivity contribution in [2.24, 2.45) is 0 Å². The van der Waals surface area contributed by atoms with E-state index in [1.54, 1.807) is 12.1 Å². The highest BCUT2D eigenvalue weighted by Gasteiger charge is 2.11. The molecule has 1 nitrogen and oxygen atoms in total. The van der Waals surface area contributed by atoms with E-state index in [1.165, 1.54) is 0 Å². The van der Waals surface area contributed by atoms with Crippen LogP contribution in [0.5, 0.6) is 0 Å². The van der Waals surface area contributed by atoms with Gasteiger partial charge in [-0.15, -0.1) is 11.8 Å². The predicted molar refractivity (Wildman–Crippen MR) is 71.8 cm³/mol. The van der Waals surface area contributed by atoms with Crippen LogP contribution in [0.2, 0.25) is 5.02 Å². The van der Waals surface area contributed by atoms with Crippen molar-refractivity contribution in [1.82, 2.24) is 0 Å². The number of benzene rings is 2. The number of anilines is 1. The molecular weight excluding hydrogens is 276 g/mol. The van der Waals surface area contributed by atoms with E-state index in [2.05, 4.69) is 0 Å². The van der Waals surface area contributed by atoms with Crippen molar-refractivity contribution >= 4 is 29.1 Å². The summed E-state index contributed by atoms with van der Waals surface area (Å²) >= 11 is 6.85. The number of thioether (sulfide) groups is 1. The summed E-state index contributed by atoms with van der Waals surface area (Å²) in [5.74, 6) is -0.799. The van der Waals surface area contributed by atoms with Gasteiger partial charge in [0.15, 0.2) is 0 Å². The first-order valence-corrected chi connectivity index (χ1v) is 6.54. The Labute approximate surface area is 113 Å². The summed E-state index contributed by atoms with van der Waals surface area (Å²) in [6.07, 6.45) is 0. The van der Waals surface area contributed by atoms with Crippen LogP contribution in [-0.2, 0) is 5.75 Å². The minimum absolute atomic E-state index is 0.0147. The van der Waals surface area contributed by atoms with Gasteiger partial charge in [-0.25, -0.2) is 8.78 Å². The summed E-state index contributed by atoms with van der Waals surface area (Å²) in [6.45, 7) is 0. The van der Waals surface area contributed by atoms with Gasteiger partial charge >= 0.3 is 0 Å². The highest BCUT2D eigenvalue weighted by molar-refractivity contribution is 7.98.